The lowest BCUT2D eigenvalue weighted by Gasteiger charge is -2.09. The minimum Gasteiger partial charge on any atom is -0.493 e. The molecule has 0 fully saturated rings. The van der Waals surface area contributed by atoms with Crippen molar-refractivity contribution in [1.29, 1.82) is 0 Å². The van der Waals surface area contributed by atoms with E-state index in [2.05, 4.69) is 15.3 Å². The highest BCUT2D eigenvalue weighted by Gasteiger charge is 2.14. The van der Waals surface area contributed by atoms with Crippen molar-refractivity contribution in [3.05, 3.63) is 70.9 Å². The van der Waals surface area contributed by atoms with Gasteiger partial charge in [0.2, 0.25) is 4.77 Å². The third-order valence-corrected chi connectivity index (χ3v) is 5.03. The van der Waals surface area contributed by atoms with E-state index >= 15 is 0 Å². The molecule has 0 unspecified atom stereocenters. The van der Waals surface area contributed by atoms with E-state index in [9.17, 15) is 0 Å². The molecule has 1 N–H and O–H groups in total. The first-order valence-corrected chi connectivity index (χ1v) is 10.1. The maximum absolute atomic E-state index is 5.47. The largest absolute Gasteiger partial charge is 0.493 e. The van der Waals surface area contributed by atoms with Gasteiger partial charge in [0.05, 0.1) is 26.1 Å². The van der Waals surface area contributed by atoms with E-state index in [0.29, 0.717) is 22.7 Å². The Morgan fingerprint density at radius 3 is 2.58 bits per heavy atom. The molecule has 0 spiro atoms. The van der Waals surface area contributed by atoms with E-state index in [1.165, 1.54) is 0 Å². The molecule has 0 aliphatic carbocycles. The summed E-state index contributed by atoms with van der Waals surface area (Å²) in [6.45, 7) is 2.00. The van der Waals surface area contributed by atoms with E-state index in [4.69, 9.17) is 26.8 Å². The lowest BCUT2D eigenvalue weighted by Crippen LogP contribution is -1.97. The lowest BCUT2D eigenvalue weighted by atomic mass is 10.1. The Bertz CT molecular complexity index is 1270. The number of para-hydroxylation sites is 1. The predicted molar refractivity (Wildman–Crippen MR) is 122 cm³/mol. The summed E-state index contributed by atoms with van der Waals surface area (Å²) in [5, 5.41) is 16.4. The number of hydrogen-bond donors (Lipinski definition) is 1. The minimum atomic E-state index is 0.441. The van der Waals surface area contributed by atoms with E-state index in [1.807, 2.05) is 66.3 Å². The highest BCUT2D eigenvalue weighted by Crippen LogP contribution is 2.33. The number of aromatic amines is 1. The Morgan fingerprint density at radius 1 is 1.10 bits per heavy atom. The second kappa shape index (κ2) is 8.97. The van der Waals surface area contributed by atoms with Crippen molar-refractivity contribution in [3.8, 4) is 28.4 Å². The molecule has 4 aromatic rings. The molecule has 0 radical (unpaired) electrons. The van der Waals surface area contributed by atoms with Crippen LogP contribution in [0.1, 0.15) is 18.3 Å². The second-order valence-corrected chi connectivity index (χ2v) is 7.02. The fourth-order valence-corrected chi connectivity index (χ4v) is 3.39. The molecule has 2 heterocycles. The maximum atomic E-state index is 5.47. The van der Waals surface area contributed by atoms with Gasteiger partial charge in [0.25, 0.3) is 0 Å². The van der Waals surface area contributed by atoms with Crippen molar-refractivity contribution in [2.75, 3.05) is 14.2 Å². The molecule has 0 aliphatic heterocycles. The monoisotopic (exact) mass is 434 g/mol. The van der Waals surface area contributed by atoms with Gasteiger partial charge in [-0.15, -0.1) is 0 Å². The summed E-state index contributed by atoms with van der Waals surface area (Å²) < 4.78 is 14.7. The maximum Gasteiger partial charge on any atom is 0.216 e. The zero-order valence-corrected chi connectivity index (χ0v) is 18.3. The highest BCUT2D eigenvalue weighted by molar-refractivity contribution is 7.71. The number of aryl methyl sites for hydroxylation is 1. The summed E-state index contributed by atoms with van der Waals surface area (Å²) >= 11 is 5.30. The Labute approximate surface area is 184 Å². The molecule has 0 atom stereocenters. The summed E-state index contributed by atoms with van der Waals surface area (Å²) in [6.07, 6.45) is 4.37. The van der Waals surface area contributed by atoms with Crippen LogP contribution in [0.2, 0.25) is 0 Å². The molecule has 0 saturated heterocycles. The van der Waals surface area contributed by atoms with Crippen molar-refractivity contribution in [2.24, 2.45) is 5.10 Å². The molecule has 0 amide bonds. The highest BCUT2D eigenvalue weighted by atomic mass is 32.1. The number of aromatic nitrogens is 5. The fourth-order valence-electron chi connectivity index (χ4n) is 3.19. The molecule has 0 saturated carbocycles. The zero-order chi connectivity index (χ0) is 21.8. The average Bonchev–Trinajstić information content (AvgIpc) is 3.40. The van der Waals surface area contributed by atoms with E-state index < -0.39 is 0 Å². The first kappa shape index (κ1) is 20.5. The van der Waals surface area contributed by atoms with Crippen LogP contribution < -0.4 is 9.47 Å². The molecule has 9 heteroatoms. The number of methoxy groups -OCH3 is 2. The van der Waals surface area contributed by atoms with Gasteiger partial charge in [-0.1, -0.05) is 25.1 Å². The Morgan fingerprint density at radius 2 is 1.87 bits per heavy atom. The van der Waals surface area contributed by atoms with Crippen LogP contribution in [-0.4, -0.2) is 45.1 Å². The van der Waals surface area contributed by atoms with Gasteiger partial charge in [-0.2, -0.15) is 20.0 Å². The molecular formula is C22H22N6O2S. The summed E-state index contributed by atoms with van der Waals surface area (Å²) in [7, 11) is 3.22. The summed E-state index contributed by atoms with van der Waals surface area (Å²) in [5.41, 5.74) is 3.39. The van der Waals surface area contributed by atoms with Crippen LogP contribution in [0.3, 0.4) is 0 Å². The number of benzene rings is 2. The molecular weight excluding hydrogens is 412 g/mol. The Balaban J connectivity index is 1.84. The van der Waals surface area contributed by atoms with Crippen LogP contribution in [0.5, 0.6) is 11.5 Å². The summed E-state index contributed by atoms with van der Waals surface area (Å²) in [6, 6.07) is 15.6. The van der Waals surface area contributed by atoms with Gasteiger partial charge in [-0.3, -0.25) is 5.10 Å². The minimum absolute atomic E-state index is 0.441. The van der Waals surface area contributed by atoms with Gasteiger partial charge in [0.15, 0.2) is 17.3 Å². The van der Waals surface area contributed by atoms with Crippen LogP contribution in [0.15, 0.2) is 59.8 Å². The van der Waals surface area contributed by atoms with Gasteiger partial charge in [0, 0.05) is 23.7 Å². The molecule has 0 bridgehead atoms. The smallest absolute Gasteiger partial charge is 0.216 e. The summed E-state index contributed by atoms with van der Waals surface area (Å²) in [4.78, 5) is 0. The number of rotatable bonds is 7. The number of ether oxygens (including phenoxy) is 2. The normalized spacial score (nSPS) is 11.2. The first-order valence-electron chi connectivity index (χ1n) is 9.72. The van der Waals surface area contributed by atoms with Gasteiger partial charge >= 0.3 is 0 Å². The van der Waals surface area contributed by atoms with Crippen LogP contribution in [0.4, 0.5) is 0 Å². The third-order valence-electron chi connectivity index (χ3n) is 4.77. The number of hydrogen-bond acceptors (Lipinski definition) is 6. The van der Waals surface area contributed by atoms with E-state index in [-0.39, 0.29) is 0 Å². The Kier molecular flexibility index (Phi) is 5.94. The fraction of sp³-hybridized carbons (Fsp3) is 0.182. The van der Waals surface area contributed by atoms with Gasteiger partial charge in [-0.25, -0.2) is 4.68 Å². The van der Waals surface area contributed by atoms with Crippen LogP contribution in [-0.2, 0) is 6.42 Å². The van der Waals surface area contributed by atoms with Crippen molar-refractivity contribution in [2.45, 2.75) is 13.3 Å². The van der Waals surface area contributed by atoms with Gasteiger partial charge in [0.1, 0.15) is 5.69 Å². The summed E-state index contributed by atoms with van der Waals surface area (Å²) in [5.74, 6) is 2.04. The van der Waals surface area contributed by atoms with Crippen LogP contribution >= 0.6 is 12.2 Å². The van der Waals surface area contributed by atoms with Crippen LogP contribution in [0, 0.1) is 4.77 Å². The number of H-pyrrole nitrogens is 1. The van der Waals surface area contributed by atoms with Crippen LogP contribution in [0.25, 0.3) is 16.9 Å². The Hall–Kier alpha value is -3.72. The topological polar surface area (TPSA) is 82.2 Å². The number of nitrogens with one attached hydrogen (secondary N) is 1. The average molecular weight is 435 g/mol. The van der Waals surface area contributed by atoms with E-state index in [0.717, 1.165) is 28.3 Å². The second-order valence-electron chi connectivity index (χ2n) is 6.64. The predicted octanol–water partition coefficient (Wildman–Crippen LogP) is 4.26. The molecule has 8 nitrogen and oxygen atoms in total. The molecule has 0 aliphatic rings. The lowest BCUT2D eigenvalue weighted by molar-refractivity contribution is 0.355. The number of nitrogens with zero attached hydrogens (tertiary/aromatic N) is 5. The van der Waals surface area contributed by atoms with Gasteiger partial charge in [-0.05, 0) is 42.5 Å². The SMILES string of the molecule is CCc1n[nH]c(=S)n1/N=C\c1cn(-c2ccccc2)nc1-c1ccc(OC)c(OC)c1. The third kappa shape index (κ3) is 4.13. The molecule has 4 rings (SSSR count). The van der Waals surface area contributed by atoms with Crippen molar-refractivity contribution in [3.63, 3.8) is 0 Å². The molecule has 158 valence electrons. The molecule has 2 aromatic heterocycles. The van der Waals surface area contributed by atoms with E-state index in [1.54, 1.807) is 25.1 Å². The molecule has 31 heavy (non-hydrogen) atoms. The van der Waals surface area contributed by atoms with Gasteiger partial charge < -0.3 is 9.47 Å². The standard InChI is InChI=1S/C22H22N6O2S/c1-4-20-24-25-22(31)28(20)23-13-16-14-27(17-8-6-5-7-9-17)26-21(16)15-10-11-18(29-2)19(12-15)30-3/h5-14H,4H2,1-3H3,(H,25,31)/b23-13-. The quantitative estimate of drug-likeness (QED) is 0.347. The van der Waals surface area contributed by atoms with Crippen molar-refractivity contribution in [1.82, 2.24) is 24.7 Å². The molecule has 2 aromatic carbocycles. The first-order chi connectivity index (χ1) is 15.1. The van der Waals surface area contributed by atoms with Crippen molar-refractivity contribution >= 4 is 18.4 Å². The zero-order valence-electron chi connectivity index (χ0n) is 17.4. The van der Waals surface area contributed by atoms with Crippen molar-refractivity contribution < 1.29 is 9.47 Å².